The Morgan fingerprint density at radius 2 is 1.71 bits per heavy atom. The molecule has 3 rings (SSSR count). The van der Waals surface area contributed by atoms with E-state index in [1.807, 2.05) is 30.3 Å². The lowest BCUT2D eigenvalue weighted by Gasteiger charge is -2.23. The highest BCUT2D eigenvalue weighted by molar-refractivity contribution is 6.31. The molecule has 0 fully saturated rings. The first-order valence-electron chi connectivity index (χ1n) is 8.01. The maximum absolute atomic E-state index is 6.19. The van der Waals surface area contributed by atoms with E-state index in [1.54, 1.807) is 0 Å². The summed E-state index contributed by atoms with van der Waals surface area (Å²) in [4.78, 5) is 0. The van der Waals surface area contributed by atoms with Crippen molar-refractivity contribution in [2.45, 2.75) is 26.4 Å². The fraction of sp³-hybridized carbons (Fsp3) is 0.200. The molecule has 1 atom stereocenters. The SMILES string of the molecule is CCn1cccc1C(Nc1cc(Cl)ccc1C)c1ccc(Cl)cc1. The maximum atomic E-state index is 6.19. The van der Waals surface area contributed by atoms with Gasteiger partial charge in [0.15, 0.2) is 0 Å². The number of benzene rings is 2. The highest BCUT2D eigenvalue weighted by atomic mass is 35.5. The van der Waals surface area contributed by atoms with Gasteiger partial charge in [-0.05, 0) is 61.4 Å². The van der Waals surface area contributed by atoms with Gasteiger partial charge in [-0.25, -0.2) is 0 Å². The first-order chi connectivity index (χ1) is 11.6. The van der Waals surface area contributed by atoms with Crippen LogP contribution in [0.15, 0.2) is 60.8 Å². The Morgan fingerprint density at radius 1 is 1.00 bits per heavy atom. The van der Waals surface area contributed by atoms with E-state index in [0.29, 0.717) is 0 Å². The van der Waals surface area contributed by atoms with Crippen LogP contribution in [-0.4, -0.2) is 4.57 Å². The second-order valence-electron chi connectivity index (χ2n) is 5.81. The molecule has 0 aliphatic heterocycles. The third-order valence-electron chi connectivity index (χ3n) is 4.20. The van der Waals surface area contributed by atoms with Crippen molar-refractivity contribution in [1.82, 2.24) is 4.57 Å². The summed E-state index contributed by atoms with van der Waals surface area (Å²) in [6, 6.07) is 18.1. The molecule has 0 aliphatic rings. The minimum Gasteiger partial charge on any atom is -0.373 e. The zero-order chi connectivity index (χ0) is 17.1. The molecule has 0 radical (unpaired) electrons. The van der Waals surface area contributed by atoms with Gasteiger partial charge in [0, 0.05) is 34.2 Å². The average Bonchev–Trinajstić information content (AvgIpc) is 3.05. The van der Waals surface area contributed by atoms with E-state index in [9.17, 15) is 0 Å². The van der Waals surface area contributed by atoms with Gasteiger partial charge in [-0.3, -0.25) is 0 Å². The van der Waals surface area contributed by atoms with Crippen molar-refractivity contribution in [3.63, 3.8) is 0 Å². The Balaban J connectivity index is 2.05. The van der Waals surface area contributed by atoms with E-state index in [2.05, 4.69) is 54.2 Å². The molecular weight excluding hydrogens is 339 g/mol. The van der Waals surface area contributed by atoms with Crippen LogP contribution in [-0.2, 0) is 6.54 Å². The summed E-state index contributed by atoms with van der Waals surface area (Å²) in [6.45, 7) is 5.14. The number of nitrogens with one attached hydrogen (secondary N) is 1. The molecular formula is C20H20Cl2N2. The molecule has 4 heteroatoms. The van der Waals surface area contributed by atoms with Gasteiger partial charge in [0.05, 0.1) is 6.04 Å². The van der Waals surface area contributed by atoms with Crippen molar-refractivity contribution < 1.29 is 0 Å². The highest BCUT2D eigenvalue weighted by Gasteiger charge is 2.18. The predicted octanol–water partition coefficient (Wildman–Crippen LogP) is 6.32. The van der Waals surface area contributed by atoms with Crippen LogP contribution >= 0.6 is 23.2 Å². The van der Waals surface area contributed by atoms with E-state index in [0.717, 1.165) is 33.4 Å². The third-order valence-corrected chi connectivity index (χ3v) is 4.69. The van der Waals surface area contributed by atoms with E-state index >= 15 is 0 Å². The quantitative estimate of drug-likeness (QED) is 0.564. The van der Waals surface area contributed by atoms with Gasteiger partial charge in [0.1, 0.15) is 0 Å². The standard InChI is InChI=1S/C20H20Cl2N2/c1-3-24-12-4-5-19(24)20(15-7-10-16(21)11-8-15)23-18-13-17(22)9-6-14(18)2/h4-13,20,23H,3H2,1-2H3. The van der Waals surface area contributed by atoms with Crippen LogP contribution in [0.5, 0.6) is 0 Å². The second-order valence-corrected chi connectivity index (χ2v) is 6.68. The largest absolute Gasteiger partial charge is 0.373 e. The van der Waals surface area contributed by atoms with Crippen molar-refractivity contribution in [2.75, 3.05) is 5.32 Å². The van der Waals surface area contributed by atoms with E-state index in [4.69, 9.17) is 23.2 Å². The summed E-state index contributed by atoms with van der Waals surface area (Å²) in [5.74, 6) is 0. The van der Waals surface area contributed by atoms with Crippen LogP contribution in [0.4, 0.5) is 5.69 Å². The van der Waals surface area contributed by atoms with E-state index in [1.165, 1.54) is 5.69 Å². The Bertz CT molecular complexity index is 822. The lowest BCUT2D eigenvalue weighted by molar-refractivity contribution is 0.694. The number of aromatic nitrogens is 1. The van der Waals surface area contributed by atoms with Gasteiger partial charge in [0.2, 0.25) is 0 Å². The molecule has 1 aromatic heterocycles. The summed E-state index contributed by atoms with van der Waals surface area (Å²) in [7, 11) is 0. The Kier molecular flexibility index (Phi) is 5.17. The molecule has 124 valence electrons. The first kappa shape index (κ1) is 16.9. The van der Waals surface area contributed by atoms with Crippen molar-refractivity contribution in [3.05, 3.63) is 87.7 Å². The van der Waals surface area contributed by atoms with Gasteiger partial charge in [-0.15, -0.1) is 0 Å². The normalized spacial score (nSPS) is 12.2. The van der Waals surface area contributed by atoms with Gasteiger partial charge in [-0.2, -0.15) is 0 Å². The molecule has 1 N–H and O–H groups in total. The lowest BCUT2D eigenvalue weighted by Crippen LogP contribution is -2.17. The lowest BCUT2D eigenvalue weighted by atomic mass is 10.0. The topological polar surface area (TPSA) is 17.0 Å². The Hall–Kier alpha value is -1.90. The molecule has 24 heavy (non-hydrogen) atoms. The van der Waals surface area contributed by atoms with E-state index in [-0.39, 0.29) is 6.04 Å². The van der Waals surface area contributed by atoms with Crippen LogP contribution < -0.4 is 5.32 Å². The number of halogens is 2. The molecule has 0 saturated heterocycles. The minimum atomic E-state index is 0.0226. The number of aryl methyl sites for hydroxylation is 2. The van der Waals surface area contributed by atoms with Gasteiger partial charge < -0.3 is 9.88 Å². The van der Waals surface area contributed by atoms with Gasteiger partial charge in [-0.1, -0.05) is 41.4 Å². The molecule has 0 bridgehead atoms. The van der Waals surface area contributed by atoms with Crippen LogP contribution in [0.2, 0.25) is 10.0 Å². The summed E-state index contributed by atoms with van der Waals surface area (Å²) >= 11 is 12.3. The molecule has 3 aromatic rings. The number of hydrogen-bond donors (Lipinski definition) is 1. The maximum Gasteiger partial charge on any atom is 0.0919 e. The summed E-state index contributed by atoms with van der Waals surface area (Å²) in [6.07, 6.45) is 2.10. The van der Waals surface area contributed by atoms with Crippen molar-refractivity contribution in [3.8, 4) is 0 Å². The number of nitrogens with zero attached hydrogens (tertiary/aromatic N) is 1. The molecule has 1 unspecified atom stereocenters. The smallest absolute Gasteiger partial charge is 0.0919 e. The Labute approximate surface area is 153 Å². The van der Waals surface area contributed by atoms with E-state index < -0.39 is 0 Å². The summed E-state index contributed by atoms with van der Waals surface area (Å²) in [5, 5.41) is 5.12. The van der Waals surface area contributed by atoms with Crippen LogP contribution in [0.25, 0.3) is 0 Å². The van der Waals surface area contributed by atoms with Gasteiger partial charge >= 0.3 is 0 Å². The van der Waals surface area contributed by atoms with Crippen molar-refractivity contribution >= 4 is 28.9 Å². The predicted molar refractivity (Wildman–Crippen MR) is 103 cm³/mol. The molecule has 2 aromatic carbocycles. The second kappa shape index (κ2) is 7.33. The van der Waals surface area contributed by atoms with Crippen molar-refractivity contribution in [1.29, 1.82) is 0 Å². The Morgan fingerprint density at radius 3 is 2.42 bits per heavy atom. The third kappa shape index (κ3) is 3.61. The van der Waals surface area contributed by atoms with Crippen molar-refractivity contribution in [2.24, 2.45) is 0 Å². The summed E-state index contributed by atoms with van der Waals surface area (Å²) in [5.41, 5.74) is 4.56. The molecule has 0 aliphatic carbocycles. The van der Waals surface area contributed by atoms with Gasteiger partial charge in [0.25, 0.3) is 0 Å². The highest BCUT2D eigenvalue weighted by Crippen LogP contribution is 2.30. The first-order valence-corrected chi connectivity index (χ1v) is 8.77. The van der Waals surface area contributed by atoms with Crippen LogP contribution in [0, 0.1) is 6.92 Å². The molecule has 1 heterocycles. The molecule has 2 nitrogen and oxygen atoms in total. The fourth-order valence-corrected chi connectivity index (χ4v) is 3.16. The monoisotopic (exact) mass is 358 g/mol. The summed E-state index contributed by atoms with van der Waals surface area (Å²) < 4.78 is 2.24. The number of rotatable bonds is 5. The molecule has 0 amide bonds. The van der Waals surface area contributed by atoms with Crippen LogP contribution in [0.3, 0.4) is 0 Å². The number of hydrogen-bond acceptors (Lipinski definition) is 1. The fourth-order valence-electron chi connectivity index (χ4n) is 2.87. The average molecular weight is 359 g/mol. The number of anilines is 1. The van der Waals surface area contributed by atoms with Crippen LogP contribution in [0.1, 0.15) is 29.8 Å². The molecule has 0 saturated carbocycles. The zero-order valence-electron chi connectivity index (χ0n) is 13.8. The molecule has 0 spiro atoms. The zero-order valence-corrected chi connectivity index (χ0v) is 15.3. The minimum absolute atomic E-state index is 0.0226.